The molecule has 0 unspecified atom stereocenters. The normalized spacial score (nSPS) is 9.86. The van der Waals surface area contributed by atoms with Crippen molar-refractivity contribution in [3.63, 3.8) is 0 Å². The first kappa shape index (κ1) is 9.36. The maximum Gasteiger partial charge on any atom is 0.0837 e. The fourth-order valence-electron chi connectivity index (χ4n) is 1.49. The maximum absolute atomic E-state index is 3.53. The average Bonchev–Trinajstić information content (AvgIpc) is 2.60. The summed E-state index contributed by atoms with van der Waals surface area (Å²) in [5.74, 6) is 5.96. The van der Waals surface area contributed by atoms with Crippen LogP contribution in [-0.4, -0.2) is 4.57 Å². The average molecular weight is 248 g/mol. The molecule has 0 bridgehead atoms. The molecule has 0 amide bonds. The molecule has 0 radical (unpaired) electrons. The highest BCUT2D eigenvalue weighted by Gasteiger charge is 2.01. The Bertz CT molecular complexity index is 514. The van der Waals surface area contributed by atoms with Gasteiger partial charge in [-0.15, -0.1) is 5.92 Å². The fraction of sp³-hybridized carbons (Fsp3) is 0.167. The van der Waals surface area contributed by atoms with E-state index in [1.807, 2.05) is 13.0 Å². The third-order valence-electron chi connectivity index (χ3n) is 2.19. The molecule has 1 nitrogen and oxygen atoms in total. The molecule has 2 heteroatoms. The van der Waals surface area contributed by atoms with Gasteiger partial charge < -0.3 is 4.57 Å². The zero-order valence-electron chi connectivity index (χ0n) is 7.92. The van der Waals surface area contributed by atoms with E-state index in [0.29, 0.717) is 0 Å². The van der Waals surface area contributed by atoms with Crippen LogP contribution in [-0.2, 0) is 6.54 Å². The summed E-state index contributed by atoms with van der Waals surface area (Å²) in [6, 6.07) is 8.31. The van der Waals surface area contributed by atoms with Crippen LogP contribution < -0.4 is 0 Å². The van der Waals surface area contributed by atoms with Gasteiger partial charge in [-0.25, -0.2) is 0 Å². The minimum atomic E-state index is 0.760. The van der Waals surface area contributed by atoms with E-state index in [2.05, 4.69) is 56.7 Å². The van der Waals surface area contributed by atoms with Crippen LogP contribution in [0.5, 0.6) is 0 Å². The number of fused-ring (bicyclic) bond motifs is 1. The number of halogens is 1. The van der Waals surface area contributed by atoms with E-state index in [9.17, 15) is 0 Å². The molecule has 0 aliphatic heterocycles. The highest BCUT2D eigenvalue weighted by Crippen LogP contribution is 2.24. The van der Waals surface area contributed by atoms with Crippen LogP contribution in [0.1, 0.15) is 6.92 Å². The van der Waals surface area contributed by atoms with Gasteiger partial charge >= 0.3 is 0 Å². The summed E-state index contributed by atoms with van der Waals surface area (Å²) in [7, 11) is 0. The summed E-state index contributed by atoms with van der Waals surface area (Å²) in [5.41, 5.74) is 1.22. The Morgan fingerprint density at radius 2 is 2.21 bits per heavy atom. The summed E-state index contributed by atoms with van der Waals surface area (Å²) in [4.78, 5) is 0. The van der Waals surface area contributed by atoms with Crippen molar-refractivity contribution in [2.45, 2.75) is 13.5 Å². The largest absolute Gasteiger partial charge is 0.336 e. The van der Waals surface area contributed by atoms with Crippen molar-refractivity contribution in [3.8, 4) is 11.8 Å². The molecule has 1 aromatic carbocycles. The Morgan fingerprint density at radius 1 is 1.36 bits per heavy atom. The lowest BCUT2D eigenvalue weighted by atomic mass is 10.2. The number of rotatable bonds is 1. The van der Waals surface area contributed by atoms with Crippen LogP contribution in [0, 0.1) is 11.8 Å². The first-order valence-corrected chi connectivity index (χ1v) is 5.25. The van der Waals surface area contributed by atoms with Crippen molar-refractivity contribution in [1.82, 2.24) is 4.57 Å². The second kappa shape index (κ2) is 3.89. The van der Waals surface area contributed by atoms with Gasteiger partial charge in [-0.2, -0.15) is 0 Å². The van der Waals surface area contributed by atoms with Gasteiger partial charge in [0.25, 0.3) is 0 Å². The van der Waals surface area contributed by atoms with Gasteiger partial charge in [-0.05, 0) is 25.1 Å². The minimum absolute atomic E-state index is 0.760. The molecule has 0 atom stereocenters. The van der Waals surface area contributed by atoms with Crippen molar-refractivity contribution >= 4 is 26.8 Å². The Labute approximate surface area is 91.9 Å². The predicted molar refractivity (Wildman–Crippen MR) is 63.1 cm³/mol. The molecule has 2 aromatic rings. The highest BCUT2D eigenvalue weighted by atomic mass is 79.9. The molecule has 2 rings (SSSR count). The maximum atomic E-state index is 3.53. The van der Waals surface area contributed by atoms with Gasteiger partial charge in [0.15, 0.2) is 0 Å². The molecule has 0 fully saturated rings. The third kappa shape index (κ3) is 1.56. The number of benzene rings is 1. The summed E-state index contributed by atoms with van der Waals surface area (Å²) in [6.07, 6.45) is 2.07. The SMILES string of the molecule is CC#CCn1ccc2c(Br)cccc21. The van der Waals surface area contributed by atoms with Crippen LogP contribution in [0.25, 0.3) is 10.9 Å². The monoisotopic (exact) mass is 247 g/mol. The van der Waals surface area contributed by atoms with E-state index in [1.54, 1.807) is 0 Å². The smallest absolute Gasteiger partial charge is 0.0837 e. The quantitative estimate of drug-likeness (QED) is 0.681. The van der Waals surface area contributed by atoms with Crippen LogP contribution in [0.3, 0.4) is 0 Å². The minimum Gasteiger partial charge on any atom is -0.336 e. The Kier molecular flexibility index (Phi) is 2.60. The van der Waals surface area contributed by atoms with Crippen molar-refractivity contribution in [2.24, 2.45) is 0 Å². The summed E-state index contributed by atoms with van der Waals surface area (Å²) in [6.45, 7) is 2.62. The van der Waals surface area contributed by atoms with Gasteiger partial charge in [0.05, 0.1) is 6.54 Å². The van der Waals surface area contributed by atoms with Crippen LogP contribution >= 0.6 is 15.9 Å². The van der Waals surface area contributed by atoms with Crippen LogP contribution in [0.15, 0.2) is 34.9 Å². The summed E-state index contributed by atoms with van der Waals surface area (Å²) in [5, 5.41) is 1.24. The number of nitrogens with zero attached hydrogens (tertiary/aromatic N) is 1. The lowest BCUT2D eigenvalue weighted by molar-refractivity contribution is 0.885. The van der Waals surface area contributed by atoms with Crippen molar-refractivity contribution < 1.29 is 0 Å². The molecule has 0 saturated heterocycles. The van der Waals surface area contributed by atoms with Crippen molar-refractivity contribution in [3.05, 3.63) is 34.9 Å². The van der Waals surface area contributed by atoms with Gasteiger partial charge in [0.2, 0.25) is 0 Å². The van der Waals surface area contributed by atoms with E-state index in [0.717, 1.165) is 11.0 Å². The Morgan fingerprint density at radius 3 is 3.00 bits per heavy atom. The second-order valence-corrected chi connectivity index (χ2v) is 3.90. The Balaban J connectivity index is 2.56. The Hall–Kier alpha value is -1.20. The topological polar surface area (TPSA) is 4.93 Å². The van der Waals surface area contributed by atoms with E-state index in [1.165, 1.54) is 10.9 Å². The van der Waals surface area contributed by atoms with Crippen molar-refractivity contribution in [2.75, 3.05) is 0 Å². The molecule has 1 heterocycles. The molecular weight excluding hydrogens is 238 g/mol. The van der Waals surface area contributed by atoms with E-state index < -0.39 is 0 Å². The molecule has 0 saturated carbocycles. The van der Waals surface area contributed by atoms with Crippen molar-refractivity contribution in [1.29, 1.82) is 0 Å². The highest BCUT2D eigenvalue weighted by molar-refractivity contribution is 9.10. The first-order valence-electron chi connectivity index (χ1n) is 4.46. The zero-order chi connectivity index (χ0) is 9.97. The molecule has 1 aromatic heterocycles. The van der Waals surface area contributed by atoms with E-state index >= 15 is 0 Å². The molecule has 0 aliphatic rings. The van der Waals surface area contributed by atoms with Crippen LogP contribution in [0.2, 0.25) is 0 Å². The predicted octanol–water partition coefficient (Wildman–Crippen LogP) is 3.43. The molecule has 0 spiro atoms. The summed E-state index contributed by atoms with van der Waals surface area (Å²) < 4.78 is 3.29. The first-order chi connectivity index (χ1) is 6.83. The lowest BCUT2D eigenvalue weighted by Gasteiger charge is -1.99. The molecular formula is C12H10BrN. The number of aromatic nitrogens is 1. The van der Waals surface area contributed by atoms with Gasteiger partial charge in [-0.3, -0.25) is 0 Å². The standard InChI is InChI=1S/C12H10BrN/c1-2-3-8-14-9-7-10-11(13)5-4-6-12(10)14/h4-7,9H,8H2,1H3. The summed E-state index contributed by atoms with van der Waals surface area (Å²) >= 11 is 3.53. The lowest BCUT2D eigenvalue weighted by Crippen LogP contribution is -1.92. The molecule has 70 valence electrons. The van der Waals surface area contributed by atoms with Crippen LogP contribution in [0.4, 0.5) is 0 Å². The van der Waals surface area contributed by atoms with E-state index in [4.69, 9.17) is 0 Å². The van der Waals surface area contributed by atoms with E-state index in [-0.39, 0.29) is 0 Å². The van der Waals surface area contributed by atoms with Gasteiger partial charge in [0, 0.05) is 21.6 Å². The molecule has 0 N–H and O–H groups in total. The van der Waals surface area contributed by atoms with Gasteiger partial charge in [-0.1, -0.05) is 27.9 Å². The number of hydrogen-bond acceptors (Lipinski definition) is 0. The molecule has 14 heavy (non-hydrogen) atoms. The van der Waals surface area contributed by atoms with Gasteiger partial charge in [0.1, 0.15) is 0 Å². The zero-order valence-corrected chi connectivity index (χ0v) is 9.51. The number of hydrogen-bond donors (Lipinski definition) is 0. The second-order valence-electron chi connectivity index (χ2n) is 3.04. The molecule has 0 aliphatic carbocycles. The third-order valence-corrected chi connectivity index (χ3v) is 2.88. The fourth-order valence-corrected chi connectivity index (χ4v) is 1.98.